The smallest absolute Gasteiger partial charge is 0.312 e. The quantitative estimate of drug-likeness (QED) is 0.514. The number of ether oxygens (including phenoxy) is 1. The van der Waals surface area contributed by atoms with Crippen molar-refractivity contribution in [3.8, 4) is 0 Å². The Hall–Kier alpha value is -0.353. The summed E-state index contributed by atoms with van der Waals surface area (Å²) in [5.74, 6) is 0.409. The molecule has 0 spiro atoms. The maximum atomic E-state index is 12.8. The molecule has 0 aliphatic heterocycles. The molecule has 0 amide bonds. The van der Waals surface area contributed by atoms with Gasteiger partial charge in [-0.05, 0) is 63.1 Å². The SMILES string of the molecule is CCOC(=O)C12CCCCC1C(O[Si](C)(C)C(C)(C)C)CCC2. The summed E-state index contributed by atoms with van der Waals surface area (Å²) < 4.78 is 12.3. The summed E-state index contributed by atoms with van der Waals surface area (Å²) in [6, 6.07) is 0. The number of fused-ring (bicyclic) bond motifs is 1. The average Bonchev–Trinajstić information content (AvgIpc) is 2.46. The molecular formula is C19H36O3Si. The Bertz CT molecular complexity index is 423. The highest BCUT2D eigenvalue weighted by Crippen LogP contribution is 2.53. The Labute approximate surface area is 143 Å². The van der Waals surface area contributed by atoms with Gasteiger partial charge in [-0.25, -0.2) is 0 Å². The fourth-order valence-electron chi connectivity index (χ4n) is 4.26. The summed E-state index contributed by atoms with van der Waals surface area (Å²) in [6.07, 6.45) is 7.94. The summed E-state index contributed by atoms with van der Waals surface area (Å²) in [7, 11) is -1.81. The molecule has 0 heterocycles. The van der Waals surface area contributed by atoms with Crippen molar-refractivity contribution in [2.24, 2.45) is 11.3 Å². The van der Waals surface area contributed by atoms with E-state index in [9.17, 15) is 4.79 Å². The van der Waals surface area contributed by atoms with E-state index in [-0.39, 0.29) is 22.5 Å². The maximum absolute atomic E-state index is 12.8. The molecule has 0 N–H and O–H groups in total. The molecule has 0 saturated heterocycles. The summed E-state index contributed by atoms with van der Waals surface area (Å²) in [5.41, 5.74) is -0.264. The second-order valence-electron chi connectivity index (χ2n) is 9.04. The topological polar surface area (TPSA) is 35.5 Å². The molecule has 3 atom stereocenters. The van der Waals surface area contributed by atoms with Gasteiger partial charge in [0.1, 0.15) is 0 Å². The van der Waals surface area contributed by atoms with Crippen LogP contribution in [0.5, 0.6) is 0 Å². The lowest BCUT2D eigenvalue weighted by Gasteiger charge is -2.51. The van der Waals surface area contributed by atoms with Gasteiger partial charge >= 0.3 is 5.97 Å². The van der Waals surface area contributed by atoms with Crippen LogP contribution in [0, 0.1) is 11.3 Å². The molecule has 2 aliphatic rings. The normalized spacial score (nSPS) is 32.3. The number of carbonyl (C=O) groups is 1. The van der Waals surface area contributed by atoms with Crippen molar-refractivity contribution in [1.82, 2.24) is 0 Å². The molecule has 0 radical (unpaired) electrons. The van der Waals surface area contributed by atoms with Gasteiger partial charge in [0.15, 0.2) is 8.32 Å². The van der Waals surface area contributed by atoms with Crippen LogP contribution in [-0.4, -0.2) is 27.0 Å². The number of carbonyl (C=O) groups excluding carboxylic acids is 1. The van der Waals surface area contributed by atoms with Crippen LogP contribution in [-0.2, 0) is 14.0 Å². The highest BCUT2D eigenvalue weighted by atomic mass is 28.4. The van der Waals surface area contributed by atoms with Crippen LogP contribution >= 0.6 is 0 Å². The first-order valence-electron chi connectivity index (χ1n) is 9.49. The van der Waals surface area contributed by atoms with Crippen LogP contribution in [0.25, 0.3) is 0 Å². The highest BCUT2D eigenvalue weighted by molar-refractivity contribution is 6.74. The van der Waals surface area contributed by atoms with Crippen LogP contribution < -0.4 is 0 Å². The van der Waals surface area contributed by atoms with Crippen LogP contribution in [0.1, 0.15) is 72.6 Å². The highest BCUT2D eigenvalue weighted by Gasteiger charge is 2.54. The number of hydrogen-bond donors (Lipinski definition) is 0. The molecule has 0 aromatic carbocycles. The minimum absolute atomic E-state index is 0.0493. The van der Waals surface area contributed by atoms with Gasteiger partial charge in [0.2, 0.25) is 0 Å². The molecule has 4 heteroatoms. The average molecular weight is 341 g/mol. The lowest BCUT2D eigenvalue weighted by Crippen LogP contribution is -2.54. The Morgan fingerprint density at radius 2 is 1.78 bits per heavy atom. The molecule has 2 rings (SSSR count). The zero-order chi connectivity index (χ0) is 17.3. The maximum Gasteiger partial charge on any atom is 0.312 e. The van der Waals surface area contributed by atoms with E-state index in [0.29, 0.717) is 12.5 Å². The minimum atomic E-state index is -1.81. The summed E-state index contributed by atoms with van der Waals surface area (Å²) in [5, 5.41) is 0.214. The molecule has 0 aromatic heterocycles. The minimum Gasteiger partial charge on any atom is -0.466 e. The van der Waals surface area contributed by atoms with Crippen molar-refractivity contribution in [3.05, 3.63) is 0 Å². The third kappa shape index (κ3) is 3.68. The van der Waals surface area contributed by atoms with Crippen molar-refractivity contribution in [2.45, 2.75) is 96.9 Å². The van der Waals surface area contributed by atoms with Gasteiger partial charge < -0.3 is 9.16 Å². The van der Waals surface area contributed by atoms with E-state index in [2.05, 4.69) is 33.9 Å². The van der Waals surface area contributed by atoms with E-state index in [1.54, 1.807) is 0 Å². The molecule has 3 unspecified atom stereocenters. The predicted molar refractivity (Wildman–Crippen MR) is 96.9 cm³/mol. The van der Waals surface area contributed by atoms with E-state index in [1.807, 2.05) is 6.92 Å². The monoisotopic (exact) mass is 340 g/mol. The lowest BCUT2D eigenvalue weighted by molar-refractivity contribution is -0.170. The van der Waals surface area contributed by atoms with Gasteiger partial charge in [-0.3, -0.25) is 4.79 Å². The third-order valence-electron chi connectivity index (χ3n) is 6.59. The van der Waals surface area contributed by atoms with Gasteiger partial charge in [0.25, 0.3) is 0 Å². The Balaban J connectivity index is 2.23. The van der Waals surface area contributed by atoms with Gasteiger partial charge in [-0.2, -0.15) is 0 Å². The number of hydrogen-bond acceptors (Lipinski definition) is 3. The van der Waals surface area contributed by atoms with Crippen LogP contribution in [0.15, 0.2) is 0 Å². The van der Waals surface area contributed by atoms with E-state index < -0.39 is 8.32 Å². The molecule has 2 saturated carbocycles. The van der Waals surface area contributed by atoms with Gasteiger partial charge in [0.05, 0.1) is 12.0 Å². The molecular weight excluding hydrogens is 304 g/mol. The lowest BCUT2D eigenvalue weighted by atomic mass is 9.58. The molecule has 3 nitrogen and oxygen atoms in total. The zero-order valence-corrected chi connectivity index (χ0v) is 17.0. The largest absolute Gasteiger partial charge is 0.466 e. The van der Waals surface area contributed by atoms with E-state index in [1.165, 1.54) is 6.42 Å². The van der Waals surface area contributed by atoms with Gasteiger partial charge in [-0.15, -0.1) is 0 Å². The van der Waals surface area contributed by atoms with E-state index in [4.69, 9.17) is 9.16 Å². The molecule has 2 fully saturated rings. The molecule has 0 aromatic rings. The predicted octanol–water partition coefficient (Wildman–Crippen LogP) is 5.30. The first-order valence-corrected chi connectivity index (χ1v) is 12.4. The second-order valence-corrected chi connectivity index (χ2v) is 13.8. The number of rotatable bonds is 4. The summed E-state index contributed by atoms with van der Waals surface area (Å²) >= 11 is 0. The van der Waals surface area contributed by atoms with Crippen molar-refractivity contribution >= 4 is 14.3 Å². The Kier molecular flexibility index (Phi) is 5.67. The second kappa shape index (κ2) is 6.87. The van der Waals surface area contributed by atoms with Crippen LogP contribution in [0.2, 0.25) is 18.1 Å². The first kappa shape index (κ1) is 19.0. The van der Waals surface area contributed by atoms with Crippen molar-refractivity contribution in [3.63, 3.8) is 0 Å². The van der Waals surface area contributed by atoms with Crippen molar-refractivity contribution in [1.29, 1.82) is 0 Å². The standard InChI is InChI=1S/C19H36O3Si/c1-7-21-17(20)19-13-9-8-11-15(19)16(12-10-14-19)22-23(5,6)18(2,3)4/h15-16H,7-14H2,1-6H3. The first-order chi connectivity index (χ1) is 10.6. The fourth-order valence-corrected chi connectivity index (χ4v) is 5.66. The summed E-state index contributed by atoms with van der Waals surface area (Å²) in [4.78, 5) is 12.8. The third-order valence-corrected chi connectivity index (χ3v) is 11.1. The zero-order valence-electron chi connectivity index (χ0n) is 16.0. The Morgan fingerprint density at radius 3 is 2.39 bits per heavy atom. The molecule has 0 bridgehead atoms. The van der Waals surface area contributed by atoms with Gasteiger partial charge in [0, 0.05) is 6.10 Å². The fraction of sp³-hybridized carbons (Fsp3) is 0.947. The van der Waals surface area contributed by atoms with Crippen molar-refractivity contribution in [2.75, 3.05) is 6.61 Å². The van der Waals surface area contributed by atoms with Crippen LogP contribution in [0.3, 0.4) is 0 Å². The molecule has 2 aliphatic carbocycles. The molecule has 23 heavy (non-hydrogen) atoms. The van der Waals surface area contributed by atoms with Crippen LogP contribution in [0.4, 0.5) is 0 Å². The van der Waals surface area contributed by atoms with E-state index in [0.717, 1.165) is 38.5 Å². The van der Waals surface area contributed by atoms with Crippen molar-refractivity contribution < 1.29 is 14.0 Å². The Morgan fingerprint density at radius 1 is 1.13 bits per heavy atom. The number of esters is 1. The van der Waals surface area contributed by atoms with Gasteiger partial charge in [-0.1, -0.05) is 33.6 Å². The summed E-state index contributed by atoms with van der Waals surface area (Å²) in [6.45, 7) is 13.9. The van der Waals surface area contributed by atoms with E-state index >= 15 is 0 Å². The molecule has 134 valence electrons.